The van der Waals surface area contributed by atoms with Crippen molar-refractivity contribution in [3.05, 3.63) is 0 Å². The lowest BCUT2D eigenvalue weighted by Crippen LogP contribution is -2.44. The number of nitrogens with zero attached hydrogens (tertiary/aromatic N) is 1. The lowest BCUT2D eigenvalue weighted by Gasteiger charge is -2.22. The number of nitriles is 1. The minimum absolute atomic E-state index is 0.424. The van der Waals surface area contributed by atoms with Crippen molar-refractivity contribution in [1.82, 2.24) is 5.32 Å². The number of amides is 1. The summed E-state index contributed by atoms with van der Waals surface area (Å²) in [6.45, 7) is 5.23. The van der Waals surface area contributed by atoms with E-state index in [1.165, 1.54) is 7.11 Å². The minimum atomic E-state index is -0.737. The summed E-state index contributed by atoms with van der Waals surface area (Å²) in [6, 6.07) is 1.29. The first-order valence-electron chi connectivity index (χ1n) is 6.24. The third-order valence-corrected chi connectivity index (χ3v) is 2.21. The summed E-state index contributed by atoms with van der Waals surface area (Å²) in [4.78, 5) is 23.1. The molecule has 0 rings (SSSR count). The maximum Gasteiger partial charge on any atom is 0.408 e. The van der Waals surface area contributed by atoms with E-state index in [1.807, 2.05) is 6.07 Å². The number of rotatable bonds is 6. The van der Waals surface area contributed by atoms with Crippen molar-refractivity contribution in [3.8, 4) is 6.07 Å². The molecule has 0 saturated heterocycles. The summed E-state index contributed by atoms with van der Waals surface area (Å²) in [6.07, 6.45) is 1.54. The fourth-order valence-corrected chi connectivity index (χ4v) is 1.39. The molecule has 1 amide bonds. The largest absolute Gasteiger partial charge is 0.467 e. The first-order valence-corrected chi connectivity index (χ1v) is 6.24. The van der Waals surface area contributed by atoms with Gasteiger partial charge in [0.2, 0.25) is 0 Å². The fourth-order valence-electron chi connectivity index (χ4n) is 1.39. The Bertz CT molecular complexity index is 342. The van der Waals surface area contributed by atoms with Gasteiger partial charge in [0.1, 0.15) is 11.6 Å². The molecule has 6 nitrogen and oxygen atoms in total. The molecule has 0 fully saturated rings. The molecular weight excluding hydrogens is 248 g/mol. The Balaban J connectivity index is 4.32. The van der Waals surface area contributed by atoms with Crippen LogP contribution in [0.5, 0.6) is 0 Å². The normalized spacial score (nSPS) is 12.2. The summed E-state index contributed by atoms with van der Waals surface area (Å²) in [5.41, 5.74) is -0.619. The smallest absolute Gasteiger partial charge is 0.408 e. The van der Waals surface area contributed by atoms with Crippen molar-refractivity contribution in [2.75, 3.05) is 7.11 Å². The zero-order valence-electron chi connectivity index (χ0n) is 12.0. The lowest BCUT2D eigenvalue weighted by atomic mass is 10.1. The van der Waals surface area contributed by atoms with Gasteiger partial charge < -0.3 is 14.8 Å². The summed E-state index contributed by atoms with van der Waals surface area (Å²) in [5.74, 6) is -0.511. The van der Waals surface area contributed by atoms with E-state index in [-0.39, 0.29) is 0 Å². The van der Waals surface area contributed by atoms with Gasteiger partial charge in [-0.05, 0) is 40.0 Å². The molecule has 1 atom stereocenters. The van der Waals surface area contributed by atoms with Gasteiger partial charge in [0, 0.05) is 6.42 Å². The second-order valence-electron chi connectivity index (χ2n) is 5.13. The molecule has 0 radical (unpaired) electrons. The molecule has 0 spiro atoms. The fraction of sp³-hybridized carbons (Fsp3) is 0.769. The molecule has 19 heavy (non-hydrogen) atoms. The van der Waals surface area contributed by atoms with Gasteiger partial charge in [-0.1, -0.05) is 0 Å². The highest BCUT2D eigenvalue weighted by atomic mass is 16.6. The molecule has 0 heterocycles. The number of nitrogens with one attached hydrogen (secondary N) is 1. The lowest BCUT2D eigenvalue weighted by molar-refractivity contribution is -0.143. The molecule has 0 aromatic heterocycles. The van der Waals surface area contributed by atoms with E-state index < -0.39 is 23.7 Å². The molecule has 6 heteroatoms. The Morgan fingerprint density at radius 2 is 1.95 bits per heavy atom. The van der Waals surface area contributed by atoms with Crippen LogP contribution in [0, 0.1) is 11.3 Å². The van der Waals surface area contributed by atoms with E-state index in [4.69, 9.17) is 10.00 Å². The molecule has 0 aromatic rings. The van der Waals surface area contributed by atoms with E-state index in [1.54, 1.807) is 20.8 Å². The third-order valence-electron chi connectivity index (χ3n) is 2.21. The van der Waals surface area contributed by atoms with Gasteiger partial charge in [0.25, 0.3) is 0 Å². The second kappa shape index (κ2) is 8.35. The highest BCUT2D eigenvalue weighted by Gasteiger charge is 2.24. The van der Waals surface area contributed by atoms with Crippen molar-refractivity contribution >= 4 is 12.1 Å². The van der Waals surface area contributed by atoms with Gasteiger partial charge in [-0.25, -0.2) is 9.59 Å². The van der Waals surface area contributed by atoms with Crippen LogP contribution in [0.2, 0.25) is 0 Å². The molecule has 0 unspecified atom stereocenters. The van der Waals surface area contributed by atoms with Crippen molar-refractivity contribution in [1.29, 1.82) is 5.26 Å². The Kier molecular flexibility index (Phi) is 7.57. The van der Waals surface area contributed by atoms with E-state index in [0.717, 1.165) is 0 Å². The third kappa shape index (κ3) is 8.89. The van der Waals surface area contributed by atoms with E-state index in [9.17, 15) is 9.59 Å². The van der Waals surface area contributed by atoms with Crippen LogP contribution in [0.3, 0.4) is 0 Å². The highest BCUT2D eigenvalue weighted by Crippen LogP contribution is 2.09. The molecule has 0 aliphatic carbocycles. The number of alkyl carbamates (subject to hydrolysis) is 1. The minimum Gasteiger partial charge on any atom is -0.467 e. The van der Waals surface area contributed by atoms with Crippen LogP contribution in [0.15, 0.2) is 0 Å². The van der Waals surface area contributed by atoms with Gasteiger partial charge in [-0.3, -0.25) is 0 Å². The summed E-state index contributed by atoms with van der Waals surface area (Å²) < 4.78 is 9.71. The topological polar surface area (TPSA) is 88.4 Å². The summed E-state index contributed by atoms with van der Waals surface area (Å²) in [5, 5.41) is 10.9. The zero-order valence-corrected chi connectivity index (χ0v) is 12.0. The summed E-state index contributed by atoms with van der Waals surface area (Å²) in [7, 11) is 1.27. The van der Waals surface area contributed by atoms with E-state index in [0.29, 0.717) is 25.7 Å². The Labute approximate surface area is 114 Å². The maximum atomic E-state index is 11.6. The van der Waals surface area contributed by atoms with Crippen molar-refractivity contribution in [2.45, 2.75) is 58.1 Å². The molecule has 0 aliphatic heterocycles. The number of methoxy groups -OCH3 is 1. The Morgan fingerprint density at radius 1 is 1.32 bits per heavy atom. The molecule has 0 bridgehead atoms. The van der Waals surface area contributed by atoms with Crippen LogP contribution >= 0.6 is 0 Å². The average Bonchev–Trinajstić information content (AvgIpc) is 2.29. The van der Waals surface area contributed by atoms with Crippen molar-refractivity contribution < 1.29 is 19.1 Å². The number of unbranched alkanes of at least 4 members (excludes halogenated alkanes) is 2. The Morgan fingerprint density at radius 3 is 2.42 bits per heavy atom. The van der Waals surface area contributed by atoms with Gasteiger partial charge in [0.15, 0.2) is 0 Å². The summed E-state index contributed by atoms with van der Waals surface area (Å²) >= 11 is 0. The quantitative estimate of drug-likeness (QED) is 0.590. The number of carbonyl (C=O) groups is 2. The second-order valence-corrected chi connectivity index (χ2v) is 5.13. The van der Waals surface area contributed by atoms with Gasteiger partial charge in [0.05, 0.1) is 13.2 Å². The zero-order chi connectivity index (χ0) is 14.9. The number of hydrogen-bond donors (Lipinski definition) is 1. The predicted octanol–water partition coefficient (Wildman–Crippen LogP) is 2.14. The number of hydrogen-bond acceptors (Lipinski definition) is 5. The molecule has 1 N–H and O–H groups in total. The number of carbonyl (C=O) groups excluding carboxylic acids is 2. The van der Waals surface area contributed by atoms with Crippen LogP contribution in [0.4, 0.5) is 4.79 Å². The SMILES string of the molecule is COC(=O)[C@H](CCCCC#N)NC(=O)OC(C)(C)C. The molecule has 0 saturated carbocycles. The van der Waals surface area contributed by atoms with Crippen LogP contribution in [-0.4, -0.2) is 30.8 Å². The Hall–Kier alpha value is -1.77. The van der Waals surface area contributed by atoms with Crippen molar-refractivity contribution in [2.24, 2.45) is 0 Å². The van der Waals surface area contributed by atoms with Crippen LogP contribution in [-0.2, 0) is 14.3 Å². The van der Waals surface area contributed by atoms with E-state index in [2.05, 4.69) is 10.1 Å². The first-order chi connectivity index (χ1) is 8.80. The molecule has 0 aromatic carbocycles. The average molecular weight is 270 g/mol. The van der Waals surface area contributed by atoms with Crippen LogP contribution < -0.4 is 5.32 Å². The van der Waals surface area contributed by atoms with E-state index >= 15 is 0 Å². The van der Waals surface area contributed by atoms with Crippen LogP contribution in [0.25, 0.3) is 0 Å². The van der Waals surface area contributed by atoms with Gasteiger partial charge in [-0.15, -0.1) is 0 Å². The number of esters is 1. The van der Waals surface area contributed by atoms with Gasteiger partial charge >= 0.3 is 12.1 Å². The number of ether oxygens (including phenoxy) is 2. The molecule has 0 aliphatic rings. The van der Waals surface area contributed by atoms with Crippen molar-refractivity contribution in [3.63, 3.8) is 0 Å². The standard InChI is InChI=1S/C13H22N2O4/c1-13(2,3)19-12(17)15-10(11(16)18-4)8-6-5-7-9-14/h10H,5-8H2,1-4H3,(H,15,17)/t10-/m0/s1. The highest BCUT2D eigenvalue weighted by molar-refractivity contribution is 5.81. The molecule has 108 valence electrons. The van der Waals surface area contributed by atoms with Gasteiger partial charge in [-0.2, -0.15) is 5.26 Å². The first kappa shape index (κ1) is 17.2. The predicted molar refractivity (Wildman–Crippen MR) is 69.3 cm³/mol. The molecular formula is C13H22N2O4. The monoisotopic (exact) mass is 270 g/mol. The van der Waals surface area contributed by atoms with Crippen LogP contribution in [0.1, 0.15) is 46.5 Å². The maximum absolute atomic E-state index is 11.6.